The lowest BCUT2D eigenvalue weighted by Crippen LogP contribution is -2.37. The lowest BCUT2D eigenvalue weighted by Gasteiger charge is -2.26. The zero-order chi connectivity index (χ0) is 13.5. The third kappa shape index (κ3) is 4.46. The SMILES string of the molecule is CN(Cc1ccsc1)C(CN)CCc1ccccc1. The van der Waals surface area contributed by atoms with Crippen LogP contribution in [0.25, 0.3) is 0 Å². The molecular formula is C16H22N2S. The van der Waals surface area contributed by atoms with Crippen LogP contribution in [-0.4, -0.2) is 24.5 Å². The summed E-state index contributed by atoms with van der Waals surface area (Å²) < 4.78 is 0. The minimum atomic E-state index is 0.445. The molecule has 0 saturated carbocycles. The van der Waals surface area contributed by atoms with Gasteiger partial charge in [0.2, 0.25) is 0 Å². The van der Waals surface area contributed by atoms with Crippen LogP contribution in [0.3, 0.4) is 0 Å². The molecule has 2 rings (SSSR count). The molecule has 0 aliphatic carbocycles. The Kier molecular flexibility index (Phi) is 5.58. The van der Waals surface area contributed by atoms with Gasteiger partial charge in [-0.3, -0.25) is 4.90 Å². The lowest BCUT2D eigenvalue weighted by molar-refractivity contribution is 0.227. The molecular weight excluding hydrogens is 252 g/mol. The van der Waals surface area contributed by atoms with Gasteiger partial charge >= 0.3 is 0 Å². The van der Waals surface area contributed by atoms with Gasteiger partial charge in [-0.1, -0.05) is 30.3 Å². The maximum Gasteiger partial charge on any atom is 0.0242 e. The van der Waals surface area contributed by atoms with E-state index in [0.717, 1.165) is 19.4 Å². The summed E-state index contributed by atoms with van der Waals surface area (Å²) >= 11 is 1.75. The quantitative estimate of drug-likeness (QED) is 0.840. The highest BCUT2D eigenvalue weighted by Crippen LogP contribution is 2.13. The molecule has 1 atom stereocenters. The number of rotatable bonds is 7. The zero-order valence-corrected chi connectivity index (χ0v) is 12.3. The van der Waals surface area contributed by atoms with Crippen molar-refractivity contribution in [1.82, 2.24) is 4.90 Å². The molecule has 0 bridgehead atoms. The fraction of sp³-hybridized carbons (Fsp3) is 0.375. The molecule has 0 saturated heterocycles. The second-order valence-electron chi connectivity index (χ2n) is 4.96. The Labute approximate surface area is 119 Å². The average molecular weight is 274 g/mol. The van der Waals surface area contributed by atoms with E-state index in [1.165, 1.54) is 11.1 Å². The van der Waals surface area contributed by atoms with Crippen LogP contribution in [0.15, 0.2) is 47.2 Å². The summed E-state index contributed by atoms with van der Waals surface area (Å²) in [6.45, 7) is 1.70. The predicted octanol–water partition coefficient (Wildman–Crippen LogP) is 3.14. The average Bonchev–Trinajstić information content (AvgIpc) is 2.93. The van der Waals surface area contributed by atoms with Crippen molar-refractivity contribution in [2.75, 3.05) is 13.6 Å². The van der Waals surface area contributed by atoms with Crippen LogP contribution >= 0.6 is 11.3 Å². The van der Waals surface area contributed by atoms with E-state index in [0.29, 0.717) is 12.6 Å². The van der Waals surface area contributed by atoms with Crippen LogP contribution in [-0.2, 0) is 13.0 Å². The Morgan fingerprint density at radius 1 is 1.16 bits per heavy atom. The van der Waals surface area contributed by atoms with Crippen molar-refractivity contribution in [3.05, 3.63) is 58.3 Å². The van der Waals surface area contributed by atoms with E-state index in [1.54, 1.807) is 11.3 Å². The van der Waals surface area contributed by atoms with Gasteiger partial charge in [-0.25, -0.2) is 0 Å². The first kappa shape index (κ1) is 14.3. The normalized spacial score (nSPS) is 12.8. The minimum absolute atomic E-state index is 0.445. The van der Waals surface area contributed by atoms with Crippen molar-refractivity contribution in [1.29, 1.82) is 0 Å². The monoisotopic (exact) mass is 274 g/mol. The van der Waals surface area contributed by atoms with Crippen molar-refractivity contribution in [2.24, 2.45) is 5.73 Å². The Bertz CT molecular complexity index is 453. The Balaban J connectivity index is 1.85. The van der Waals surface area contributed by atoms with E-state index in [9.17, 15) is 0 Å². The van der Waals surface area contributed by atoms with Crippen molar-refractivity contribution >= 4 is 11.3 Å². The number of hydrogen-bond acceptors (Lipinski definition) is 3. The van der Waals surface area contributed by atoms with Crippen LogP contribution in [0.5, 0.6) is 0 Å². The Hall–Kier alpha value is -1.16. The largest absolute Gasteiger partial charge is 0.329 e. The molecule has 1 aromatic heterocycles. The van der Waals surface area contributed by atoms with Crippen molar-refractivity contribution in [3.63, 3.8) is 0 Å². The molecule has 2 nitrogen and oxygen atoms in total. The summed E-state index contributed by atoms with van der Waals surface area (Å²) in [5, 5.41) is 4.34. The van der Waals surface area contributed by atoms with Gasteiger partial charge in [-0.05, 0) is 47.8 Å². The summed E-state index contributed by atoms with van der Waals surface area (Å²) in [7, 11) is 2.17. The van der Waals surface area contributed by atoms with Crippen molar-refractivity contribution < 1.29 is 0 Å². The van der Waals surface area contributed by atoms with Gasteiger partial charge in [-0.2, -0.15) is 11.3 Å². The van der Waals surface area contributed by atoms with Crippen LogP contribution < -0.4 is 5.73 Å². The molecule has 0 aliphatic rings. The van der Waals surface area contributed by atoms with Crippen molar-refractivity contribution in [2.45, 2.75) is 25.4 Å². The molecule has 1 aromatic carbocycles. The van der Waals surface area contributed by atoms with Crippen LogP contribution in [0.2, 0.25) is 0 Å². The molecule has 0 aliphatic heterocycles. The third-order valence-corrected chi connectivity index (χ3v) is 4.25. The first-order chi connectivity index (χ1) is 9.29. The van der Waals surface area contributed by atoms with Crippen molar-refractivity contribution in [3.8, 4) is 0 Å². The first-order valence-electron chi connectivity index (χ1n) is 6.75. The molecule has 1 unspecified atom stereocenters. The number of nitrogens with zero attached hydrogens (tertiary/aromatic N) is 1. The molecule has 0 spiro atoms. The van der Waals surface area contributed by atoms with E-state index < -0.39 is 0 Å². The number of hydrogen-bond donors (Lipinski definition) is 1. The number of aryl methyl sites for hydroxylation is 1. The lowest BCUT2D eigenvalue weighted by atomic mass is 10.0. The highest BCUT2D eigenvalue weighted by Gasteiger charge is 2.13. The predicted molar refractivity (Wildman–Crippen MR) is 83.4 cm³/mol. The zero-order valence-electron chi connectivity index (χ0n) is 11.5. The van der Waals surface area contributed by atoms with E-state index in [1.807, 2.05) is 0 Å². The highest BCUT2D eigenvalue weighted by atomic mass is 32.1. The number of thiophene rings is 1. The fourth-order valence-corrected chi connectivity index (χ4v) is 2.96. The summed E-state index contributed by atoms with van der Waals surface area (Å²) in [5.41, 5.74) is 8.70. The second kappa shape index (κ2) is 7.43. The number of nitrogens with two attached hydrogens (primary N) is 1. The first-order valence-corrected chi connectivity index (χ1v) is 7.69. The molecule has 19 heavy (non-hydrogen) atoms. The van der Waals surface area contributed by atoms with Crippen LogP contribution in [0, 0.1) is 0 Å². The van der Waals surface area contributed by atoms with Gasteiger partial charge in [0.15, 0.2) is 0 Å². The summed E-state index contributed by atoms with van der Waals surface area (Å²) in [6.07, 6.45) is 2.21. The van der Waals surface area contributed by atoms with Gasteiger partial charge < -0.3 is 5.73 Å². The third-order valence-electron chi connectivity index (χ3n) is 3.52. The second-order valence-corrected chi connectivity index (χ2v) is 5.74. The van der Waals surface area contributed by atoms with E-state index in [-0.39, 0.29) is 0 Å². The van der Waals surface area contributed by atoms with Gasteiger partial charge in [0, 0.05) is 19.1 Å². The maximum absolute atomic E-state index is 5.93. The molecule has 0 fully saturated rings. The molecule has 0 radical (unpaired) electrons. The Morgan fingerprint density at radius 3 is 2.58 bits per heavy atom. The standard InChI is InChI=1S/C16H22N2S/c1-18(12-15-9-10-19-13-15)16(11-17)8-7-14-5-3-2-4-6-14/h2-6,9-10,13,16H,7-8,11-12,17H2,1H3. The summed E-state index contributed by atoms with van der Waals surface area (Å²) in [6, 6.07) is 13.3. The minimum Gasteiger partial charge on any atom is -0.329 e. The summed E-state index contributed by atoms with van der Waals surface area (Å²) in [4.78, 5) is 2.37. The Morgan fingerprint density at radius 2 is 1.95 bits per heavy atom. The topological polar surface area (TPSA) is 29.3 Å². The van der Waals surface area contributed by atoms with Gasteiger partial charge in [0.25, 0.3) is 0 Å². The molecule has 0 amide bonds. The smallest absolute Gasteiger partial charge is 0.0242 e. The highest BCUT2D eigenvalue weighted by molar-refractivity contribution is 7.07. The number of benzene rings is 1. The molecule has 1 heterocycles. The van der Waals surface area contributed by atoms with Gasteiger partial charge in [0.1, 0.15) is 0 Å². The van der Waals surface area contributed by atoms with Gasteiger partial charge in [-0.15, -0.1) is 0 Å². The molecule has 102 valence electrons. The molecule has 3 heteroatoms. The van der Waals surface area contributed by atoms with E-state index in [2.05, 4.69) is 59.1 Å². The number of likely N-dealkylation sites (N-methyl/N-ethyl adjacent to an activating group) is 1. The van der Waals surface area contributed by atoms with Gasteiger partial charge in [0.05, 0.1) is 0 Å². The molecule has 2 N–H and O–H groups in total. The summed E-state index contributed by atoms with van der Waals surface area (Å²) in [5.74, 6) is 0. The van der Waals surface area contributed by atoms with E-state index >= 15 is 0 Å². The van der Waals surface area contributed by atoms with Crippen LogP contribution in [0.4, 0.5) is 0 Å². The maximum atomic E-state index is 5.93. The van der Waals surface area contributed by atoms with Crippen LogP contribution in [0.1, 0.15) is 17.5 Å². The molecule has 2 aromatic rings. The fourth-order valence-electron chi connectivity index (χ4n) is 2.30. The van der Waals surface area contributed by atoms with E-state index in [4.69, 9.17) is 5.73 Å².